The molecule has 7 heteroatoms. The molecule has 6 nitrogen and oxygen atoms in total. The number of nitrogens with zero attached hydrogens (tertiary/aromatic N) is 3. The Morgan fingerprint density at radius 2 is 1.93 bits per heavy atom. The Morgan fingerprint density at radius 1 is 1.10 bits per heavy atom. The molecule has 2 N–H and O–H groups in total. The predicted octanol–water partition coefficient (Wildman–Crippen LogP) is 3.02. The maximum Gasteiger partial charge on any atom is 0.255 e. The molecular weight excluding hydrogens is 381 g/mol. The van der Waals surface area contributed by atoms with Gasteiger partial charge in [0, 0.05) is 48.8 Å². The fourth-order valence-electron chi connectivity index (χ4n) is 4.77. The summed E-state index contributed by atoms with van der Waals surface area (Å²) >= 11 is 0. The van der Waals surface area contributed by atoms with E-state index in [0.29, 0.717) is 0 Å². The summed E-state index contributed by atoms with van der Waals surface area (Å²) < 4.78 is 13.5. The van der Waals surface area contributed by atoms with Crippen LogP contribution in [0.4, 0.5) is 10.3 Å². The summed E-state index contributed by atoms with van der Waals surface area (Å²) in [5.74, 6) is 0.550. The summed E-state index contributed by atoms with van der Waals surface area (Å²) in [5, 5.41) is 0.988. The van der Waals surface area contributed by atoms with E-state index in [1.165, 1.54) is 11.6 Å². The fraction of sp³-hybridized carbons (Fsp3) is 0.478. The summed E-state index contributed by atoms with van der Waals surface area (Å²) in [6.07, 6.45) is 7.96. The van der Waals surface area contributed by atoms with Crippen LogP contribution in [0, 0.1) is 5.82 Å². The van der Waals surface area contributed by atoms with E-state index < -0.39 is 0 Å². The third kappa shape index (κ3) is 3.86. The minimum atomic E-state index is -0.187. The molecule has 5 rings (SSSR count). The number of benzene rings is 1. The van der Waals surface area contributed by atoms with E-state index in [0.717, 1.165) is 99.4 Å². The summed E-state index contributed by atoms with van der Waals surface area (Å²) in [6.45, 7) is 4.69. The van der Waals surface area contributed by atoms with Gasteiger partial charge in [0.1, 0.15) is 5.82 Å². The molecule has 0 bridgehead atoms. The first-order valence-corrected chi connectivity index (χ1v) is 11.0. The van der Waals surface area contributed by atoms with Crippen molar-refractivity contribution < 1.29 is 4.39 Å². The third-order valence-electron chi connectivity index (χ3n) is 6.50. The normalized spacial score (nSPS) is 17.4. The number of hydrogen-bond acceptors (Lipinski definition) is 4. The third-order valence-corrected chi connectivity index (χ3v) is 6.50. The number of aryl methyl sites for hydroxylation is 2. The number of aromatic amines is 2. The first-order valence-electron chi connectivity index (χ1n) is 11.0. The zero-order chi connectivity index (χ0) is 20.5. The lowest BCUT2D eigenvalue weighted by molar-refractivity contribution is 0.254. The van der Waals surface area contributed by atoms with Crippen LogP contribution >= 0.6 is 0 Å². The molecular formula is C23H28FN5O. The Balaban J connectivity index is 1.15. The summed E-state index contributed by atoms with van der Waals surface area (Å²) in [7, 11) is 0. The molecule has 2 aliphatic rings. The molecule has 3 heterocycles. The monoisotopic (exact) mass is 409 g/mol. The van der Waals surface area contributed by atoms with Crippen molar-refractivity contribution in [3.8, 4) is 0 Å². The number of rotatable bonds is 5. The largest absolute Gasteiger partial charge is 0.361 e. The second-order valence-electron chi connectivity index (χ2n) is 8.46. The molecule has 1 aliphatic carbocycles. The highest BCUT2D eigenvalue weighted by Crippen LogP contribution is 2.21. The average molecular weight is 410 g/mol. The number of hydrogen-bond donors (Lipinski definition) is 2. The molecule has 0 spiro atoms. The molecule has 0 atom stereocenters. The molecule has 0 unspecified atom stereocenters. The van der Waals surface area contributed by atoms with Gasteiger partial charge in [0.25, 0.3) is 5.56 Å². The Morgan fingerprint density at radius 3 is 2.80 bits per heavy atom. The number of aromatic nitrogens is 3. The van der Waals surface area contributed by atoms with Crippen LogP contribution in [-0.2, 0) is 19.3 Å². The Bertz CT molecular complexity index is 1100. The van der Waals surface area contributed by atoms with Gasteiger partial charge in [0.15, 0.2) is 0 Å². The second-order valence-corrected chi connectivity index (χ2v) is 8.46. The van der Waals surface area contributed by atoms with E-state index in [1.54, 1.807) is 12.1 Å². The second kappa shape index (κ2) is 8.22. The Hall–Kier alpha value is -2.67. The van der Waals surface area contributed by atoms with Crippen molar-refractivity contribution in [1.29, 1.82) is 0 Å². The van der Waals surface area contributed by atoms with E-state index in [4.69, 9.17) is 4.98 Å². The molecule has 158 valence electrons. The van der Waals surface area contributed by atoms with Crippen molar-refractivity contribution in [1.82, 2.24) is 19.9 Å². The molecule has 1 fully saturated rings. The van der Waals surface area contributed by atoms with Crippen LogP contribution in [0.5, 0.6) is 0 Å². The van der Waals surface area contributed by atoms with Crippen molar-refractivity contribution in [2.45, 2.75) is 38.5 Å². The zero-order valence-corrected chi connectivity index (χ0v) is 17.2. The van der Waals surface area contributed by atoms with Crippen LogP contribution in [-0.4, -0.2) is 52.6 Å². The van der Waals surface area contributed by atoms with Gasteiger partial charge in [-0.1, -0.05) is 0 Å². The van der Waals surface area contributed by atoms with E-state index in [1.807, 2.05) is 6.20 Å². The first-order chi connectivity index (χ1) is 14.7. The highest BCUT2D eigenvalue weighted by molar-refractivity contribution is 5.83. The molecule has 1 saturated heterocycles. The smallest absolute Gasteiger partial charge is 0.255 e. The lowest BCUT2D eigenvalue weighted by atomic mass is 9.97. The van der Waals surface area contributed by atoms with E-state index in [-0.39, 0.29) is 11.4 Å². The van der Waals surface area contributed by atoms with Crippen LogP contribution in [0.15, 0.2) is 29.2 Å². The van der Waals surface area contributed by atoms with Gasteiger partial charge < -0.3 is 9.88 Å². The lowest BCUT2D eigenvalue weighted by Crippen LogP contribution is -2.47. The number of H-pyrrole nitrogens is 2. The summed E-state index contributed by atoms with van der Waals surface area (Å²) in [6, 6.07) is 4.91. The van der Waals surface area contributed by atoms with Crippen LogP contribution in [0.25, 0.3) is 10.9 Å². The SMILES string of the molecule is O=c1[nH]c(N2CCN(CCCc3c[nH]c4ccc(F)cc34)CC2)nc2c1CCCC2. The number of anilines is 1. The van der Waals surface area contributed by atoms with Crippen molar-refractivity contribution in [3.05, 3.63) is 57.4 Å². The van der Waals surface area contributed by atoms with E-state index >= 15 is 0 Å². The van der Waals surface area contributed by atoms with E-state index in [2.05, 4.69) is 19.8 Å². The maximum absolute atomic E-state index is 13.5. The Labute approximate surface area is 175 Å². The minimum absolute atomic E-state index is 0.0484. The van der Waals surface area contributed by atoms with Gasteiger partial charge >= 0.3 is 0 Å². The topological polar surface area (TPSA) is 68.0 Å². The Kier molecular flexibility index (Phi) is 5.29. The molecule has 30 heavy (non-hydrogen) atoms. The van der Waals surface area contributed by atoms with Crippen LogP contribution in [0.2, 0.25) is 0 Å². The quantitative estimate of drug-likeness (QED) is 0.680. The number of piperazine rings is 1. The standard InChI is InChI=1S/C23H28FN5O/c24-17-7-8-20-19(14-17)16(15-25-20)4-3-9-28-10-12-29(13-11-28)23-26-21-6-2-1-5-18(21)22(30)27-23/h7-8,14-15,25H,1-6,9-13H2,(H,26,27,30). The molecule has 1 aliphatic heterocycles. The summed E-state index contributed by atoms with van der Waals surface area (Å²) in [5.41, 5.74) is 4.11. The number of nitrogens with one attached hydrogen (secondary N) is 2. The lowest BCUT2D eigenvalue weighted by Gasteiger charge is -2.35. The van der Waals surface area contributed by atoms with E-state index in [9.17, 15) is 9.18 Å². The molecule has 1 aromatic carbocycles. The maximum atomic E-state index is 13.5. The molecule has 3 aromatic rings. The van der Waals surface area contributed by atoms with Gasteiger partial charge in [-0.15, -0.1) is 0 Å². The van der Waals surface area contributed by atoms with Gasteiger partial charge in [0.05, 0.1) is 5.69 Å². The van der Waals surface area contributed by atoms with Gasteiger partial charge in [-0.25, -0.2) is 9.37 Å². The van der Waals surface area contributed by atoms with Crippen molar-refractivity contribution in [3.63, 3.8) is 0 Å². The van der Waals surface area contributed by atoms with Crippen LogP contribution in [0.1, 0.15) is 36.1 Å². The van der Waals surface area contributed by atoms with Crippen LogP contribution < -0.4 is 10.5 Å². The van der Waals surface area contributed by atoms with Crippen molar-refractivity contribution in [2.75, 3.05) is 37.6 Å². The summed E-state index contributed by atoms with van der Waals surface area (Å²) in [4.78, 5) is 28.1. The van der Waals surface area contributed by atoms with Crippen LogP contribution in [0.3, 0.4) is 0 Å². The fourth-order valence-corrected chi connectivity index (χ4v) is 4.77. The van der Waals surface area contributed by atoms with Gasteiger partial charge in [-0.05, 0) is 68.8 Å². The number of fused-ring (bicyclic) bond motifs is 2. The van der Waals surface area contributed by atoms with Gasteiger partial charge in [0.2, 0.25) is 5.95 Å². The predicted molar refractivity (Wildman–Crippen MR) is 117 cm³/mol. The first kappa shape index (κ1) is 19.3. The zero-order valence-electron chi connectivity index (χ0n) is 17.2. The highest BCUT2D eigenvalue weighted by Gasteiger charge is 2.21. The molecule has 0 saturated carbocycles. The highest BCUT2D eigenvalue weighted by atomic mass is 19.1. The van der Waals surface area contributed by atoms with Gasteiger partial charge in [-0.3, -0.25) is 14.7 Å². The minimum Gasteiger partial charge on any atom is -0.361 e. The average Bonchev–Trinajstić information content (AvgIpc) is 3.16. The molecule has 0 radical (unpaired) electrons. The number of halogens is 1. The molecule has 0 amide bonds. The van der Waals surface area contributed by atoms with Gasteiger partial charge in [-0.2, -0.15) is 0 Å². The van der Waals surface area contributed by atoms with Crippen molar-refractivity contribution >= 4 is 16.9 Å². The molecule has 2 aromatic heterocycles. The van der Waals surface area contributed by atoms with Crippen molar-refractivity contribution in [2.24, 2.45) is 0 Å².